The highest BCUT2D eigenvalue weighted by Gasteiger charge is 2.21. The van der Waals surface area contributed by atoms with Crippen molar-refractivity contribution in [2.75, 3.05) is 7.11 Å². The first kappa shape index (κ1) is 11.2. The highest BCUT2D eigenvalue weighted by atomic mass is 16.5. The van der Waals surface area contributed by atoms with Gasteiger partial charge in [-0.1, -0.05) is 5.16 Å². The molecule has 94 valence electrons. The van der Waals surface area contributed by atoms with E-state index in [0.717, 1.165) is 11.3 Å². The number of nitrogens with zero attached hydrogens (tertiary/aromatic N) is 2. The van der Waals surface area contributed by atoms with Crippen LogP contribution in [0.2, 0.25) is 0 Å². The predicted octanol–water partition coefficient (Wildman–Crippen LogP) is 2.00. The summed E-state index contributed by atoms with van der Waals surface area (Å²) in [5.74, 6) is 2.06. The van der Waals surface area contributed by atoms with Crippen LogP contribution in [0.1, 0.15) is 18.7 Å². The van der Waals surface area contributed by atoms with Gasteiger partial charge in [0.2, 0.25) is 0 Å². The fourth-order valence-electron chi connectivity index (χ4n) is 1.70. The van der Waals surface area contributed by atoms with Gasteiger partial charge in [-0.2, -0.15) is 4.98 Å². The zero-order valence-electron chi connectivity index (χ0n) is 10.2. The fourth-order valence-corrected chi connectivity index (χ4v) is 1.70. The van der Waals surface area contributed by atoms with Crippen LogP contribution in [0.4, 0.5) is 0 Å². The SMILES string of the molecule is COc1ccc(-c2nc(CNC3CC3)no2)cc1. The lowest BCUT2D eigenvalue weighted by Crippen LogP contribution is -2.16. The van der Waals surface area contributed by atoms with Gasteiger partial charge in [-0.05, 0) is 37.1 Å². The van der Waals surface area contributed by atoms with Crippen molar-refractivity contribution in [3.8, 4) is 17.2 Å². The molecular formula is C13H15N3O2. The van der Waals surface area contributed by atoms with Crippen molar-refractivity contribution in [1.29, 1.82) is 0 Å². The van der Waals surface area contributed by atoms with Crippen molar-refractivity contribution in [3.05, 3.63) is 30.1 Å². The van der Waals surface area contributed by atoms with Gasteiger partial charge in [0.1, 0.15) is 5.75 Å². The Labute approximate surface area is 105 Å². The molecule has 0 spiro atoms. The molecule has 0 bridgehead atoms. The summed E-state index contributed by atoms with van der Waals surface area (Å²) in [4.78, 5) is 4.35. The Morgan fingerprint density at radius 1 is 1.33 bits per heavy atom. The minimum absolute atomic E-state index is 0.547. The molecule has 18 heavy (non-hydrogen) atoms. The molecule has 3 rings (SSSR count). The van der Waals surface area contributed by atoms with E-state index in [0.29, 0.717) is 24.3 Å². The smallest absolute Gasteiger partial charge is 0.257 e. The van der Waals surface area contributed by atoms with Crippen molar-refractivity contribution >= 4 is 0 Å². The molecule has 0 atom stereocenters. The second-order valence-electron chi connectivity index (χ2n) is 4.40. The van der Waals surface area contributed by atoms with E-state index in [9.17, 15) is 0 Å². The molecule has 0 amide bonds. The Bertz CT molecular complexity index is 517. The number of aromatic nitrogens is 2. The van der Waals surface area contributed by atoms with E-state index in [1.807, 2.05) is 24.3 Å². The van der Waals surface area contributed by atoms with Crippen LogP contribution in [0.5, 0.6) is 5.75 Å². The Morgan fingerprint density at radius 2 is 2.11 bits per heavy atom. The highest BCUT2D eigenvalue weighted by Crippen LogP contribution is 2.21. The third-order valence-electron chi connectivity index (χ3n) is 2.93. The summed E-state index contributed by atoms with van der Waals surface area (Å²) in [7, 11) is 1.64. The number of methoxy groups -OCH3 is 1. The van der Waals surface area contributed by atoms with Gasteiger partial charge in [0.25, 0.3) is 5.89 Å². The summed E-state index contributed by atoms with van der Waals surface area (Å²) in [5, 5.41) is 7.31. The molecule has 1 aliphatic rings. The Hall–Kier alpha value is -1.88. The van der Waals surface area contributed by atoms with Crippen LogP contribution in [0.25, 0.3) is 11.5 Å². The maximum absolute atomic E-state index is 5.23. The van der Waals surface area contributed by atoms with Gasteiger partial charge in [-0.25, -0.2) is 0 Å². The normalized spacial score (nSPS) is 14.7. The van der Waals surface area contributed by atoms with Gasteiger partial charge in [-0.3, -0.25) is 0 Å². The van der Waals surface area contributed by atoms with Crippen molar-refractivity contribution < 1.29 is 9.26 Å². The maximum atomic E-state index is 5.23. The highest BCUT2D eigenvalue weighted by molar-refractivity contribution is 5.54. The fraction of sp³-hybridized carbons (Fsp3) is 0.385. The van der Waals surface area contributed by atoms with Crippen LogP contribution < -0.4 is 10.1 Å². The second kappa shape index (κ2) is 4.78. The monoisotopic (exact) mass is 245 g/mol. The van der Waals surface area contributed by atoms with Crippen molar-refractivity contribution in [1.82, 2.24) is 15.5 Å². The third kappa shape index (κ3) is 2.51. The summed E-state index contributed by atoms with van der Waals surface area (Å²) in [5.41, 5.74) is 0.904. The largest absolute Gasteiger partial charge is 0.497 e. The molecule has 0 unspecified atom stereocenters. The van der Waals surface area contributed by atoms with Crippen LogP contribution >= 0.6 is 0 Å². The summed E-state index contributed by atoms with van der Waals surface area (Å²) in [6.45, 7) is 0.671. The zero-order valence-corrected chi connectivity index (χ0v) is 10.2. The molecule has 1 heterocycles. The topological polar surface area (TPSA) is 60.2 Å². The van der Waals surface area contributed by atoms with E-state index in [1.165, 1.54) is 12.8 Å². The standard InChI is InChI=1S/C13H15N3O2/c1-17-11-6-2-9(3-7-11)13-15-12(16-18-13)8-14-10-4-5-10/h2-3,6-7,10,14H,4-5,8H2,1H3. The van der Waals surface area contributed by atoms with Crippen LogP contribution in [-0.2, 0) is 6.54 Å². The minimum Gasteiger partial charge on any atom is -0.497 e. The van der Waals surface area contributed by atoms with E-state index >= 15 is 0 Å². The average Bonchev–Trinajstić information content (AvgIpc) is 3.14. The lowest BCUT2D eigenvalue weighted by Gasteiger charge is -1.98. The average molecular weight is 245 g/mol. The van der Waals surface area contributed by atoms with Crippen LogP contribution in [-0.4, -0.2) is 23.3 Å². The molecule has 5 nitrogen and oxygen atoms in total. The van der Waals surface area contributed by atoms with E-state index in [-0.39, 0.29) is 0 Å². The van der Waals surface area contributed by atoms with Gasteiger partial charge in [-0.15, -0.1) is 0 Å². The number of benzene rings is 1. The molecule has 1 fully saturated rings. The lowest BCUT2D eigenvalue weighted by atomic mass is 10.2. The molecule has 0 radical (unpaired) electrons. The molecule has 2 aromatic rings. The molecule has 5 heteroatoms. The van der Waals surface area contributed by atoms with Gasteiger partial charge < -0.3 is 14.6 Å². The molecule has 1 aliphatic carbocycles. The molecule has 0 aliphatic heterocycles. The van der Waals surface area contributed by atoms with Crippen molar-refractivity contribution in [2.24, 2.45) is 0 Å². The molecule has 0 saturated heterocycles. The van der Waals surface area contributed by atoms with E-state index in [4.69, 9.17) is 9.26 Å². The first-order valence-electron chi connectivity index (χ1n) is 6.05. The molecule has 1 N–H and O–H groups in total. The number of hydrogen-bond acceptors (Lipinski definition) is 5. The Kier molecular flexibility index (Phi) is 2.98. The van der Waals surface area contributed by atoms with Gasteiger partial charge >= 0.3 is 0 Å². The number of rotatable bonds is 5. The summed E-state index contributed by atoms with van der Waals surface area (Å²) < 4.78 is 10.3. The molecule has 1 aromatic carbocycles. The first-order valence-corrected chi connectivity index (χ1v) is 6.05. The molecular weight excluding hydrogens is 230 g/mol. The minimum atomic E-state index is 0.547. The van der Waals surface area contributed by atoms with Crippen LogP contribution in [0.15, 0.2) is 28.8 Å². The first-order chi connectivity index (χ1) is 8.85. The molecule has 1 saturated carbocycles. The maximum Gasteiger partial charge on any atom is 0.257 e. The second-order valence-corrected chi connectivity index (χ2v) is 4.40. The van der Waals surface area contributed by atoms with Crippen molar-refractivity contribution in [3.63, 3.8) is 0 Å². The summed E-state index contributed by atoms with van der Waals surface area (Å²) in [6.07, 6.45) is 2.51. The molecule has 1 aromatic heterocycles. The lowest BCUT2D eigenvalue weighted by molar-refractivity contribution is 0.413. The summed E-state index contributed by atoms with van der Waals surface area (Å²) >= 11 is 0. The Morgan fingerprint density at radius 3 is 2.78 bits per heavy atom. The zero-order chi connectivity index (χ0) is 12.4. The van der Waals surface area contributed by atoms with E-state index in [2.05, 4.69) is 15.5 Å². The summed E-state index contributed by atoms with van der Waals surface area (Å²) in [6, 6.07) is 8.21. The quantitative estimate of drug-likeness (QED) is 0.873. The van der Waals surface area contributed by atoms with Gasteiger partial charge in [0, 0.05) is 11.6 Å². The number of hydrogen-bond donors (Lipinski definition) is 1. The third-order valence-corrected chi connectivity index (χ3v) is 2.93. The number of nitrogens with one attached hydrogen (secondary N) is 1. The van der Waals surface area contributed by atoms with Gasteiger partial charge in [0.05, 0.1) is 13.7 Å². The van der Waals surface area contributed by atoms with Crippen molar-refractivity contribution in [2.45, 2.75) is 25.4 Å². The number of ether oxygens (including phenoxy) is 1. The van der Waals surface area contributed by atoms with Crippen LogP contribution in [0.3, 0.4) is 0 Å². The Balaban J connectivity index is 1.70. The van der Waals surface area contributed by atoms with E-state index in [1.54, 1.807) is 7.11 Å². The van der Waals surface area contributed by atoms with Crippen LogP contribution in [0, 0.1) is 0 Å². The predicted molar refractivity (Wildman–Crippen MR) is 66.1 cm³/mol. The van der Waals surface area contributed by atoms with E-state index < -0.39 is 0 Å². The van der Waals surface area contributed by atoms with Gasteiger partial charge in [0.15, 0.2) is 5.82 Å².